The Morgan fingerprint density at radius 1 is 1.45 bits per heavy atom. The lowest BCUT2D eigenvalue weighted by Crippen LogP contribution is -2.46. The van der Waals surface area contributed by atoms with E-state index in [0.29, 0.717) is 19.1 Å². The smallest absolute Gasteiger partial charge is 0.221 e. The van der Waals surface area contributed by atoms with Crippen LogP contribution in [0.25, 0.3) is 0 Å². The van der Waals surface area contributed by atoms with Crippen LogP contribution in [0.2, 0.25) is 0 Å². The highest BCUT2D eigenvalue weighted by Gasteiger charge is 2.25. The Labute approximate surface area is 145 Å². The summed E-state index contributed by atoms with van der Waals surface area (Å²) in [6.07, 6.45) is 2.88. The average Bonchev–Trinajstić information content (AvgIpc) is 2.91. The summed E-state index contributed by atoms with van der Waals surface area (Å²) >= 11 is 0. The number of halogens is 2. The van der Waals surface area contributed by atoms with Crippen molar-refractivity contribution in [2.75, 3.05) is 53.1 Å². The quantitative estimate of drug-likeness (QED) is 0.691. The Morgan fingerprint density at radius 2 is 2.27 bits per heavy atom. The van der Waals surface area contributed by atoms with Gasteiger partial charge in [0.15, 0.2) is 0 Å². The van der Waals surface area contributed by atoms with Crippen LogP contribution in [0.1, 0.15) is 19.3 Å². The fourth-order valence-electron chi connectivity index (χ4n) is 2.91. The Morgan fingerprint density at radius 3 is 2.95 bits per heavy atom. The van der Waals surface area contributed by atoms with Crippen LogP contribution in [0, 0.1) is 0 Å². The molecule has 22 heavy (non-hydrogen) atoms. The molecule has 0 spiro atoms. The monoisotopic (exact) mass is 357 g/mol. The molecular formula is C14H29Cl2N3O3. The molecule has 0 aromatic carbocycles. The van der Waals surface area contributed by atoms with Crippen LogP contribution in [0.3, 0.4) is 0 Å². The Balaban J connectivity index is 0.00000220. The van der Waals surface area contributed by atoms with E-state index in [-0.39, 0.29) is 36.8 Å². The highest BCUT2D eigenvalue weighted by Crippen LogP contribution is 2.15. The molecule has 2 aliphatic heterocycles. The largest absolute Gasteiger partial charge is 0.383 e. The third-order valence-corrected chi connectivity index (χ3v) is 4.05. The van der Waals surface area contributed by atoms with Crippen molar-refractivity contribution in [2.24, 2.45) is 0 Å². The summed E-state index contributed by atoms with van der Waals surface area (Å²) in [4.78, 5) is 14.3. The molecule has 0 saturated carbocycles. The van der Waals surface area contributed by atoms with Crippen molar-refractivity contribution in [3.8, 4) is 0 Å². The topological polar surface area (TPSA) is 62.8 Å². The van der Waals surface area contributed by atoms with Crippen LogP contribution < -0.4 is 10.6 Å². The van der Waals surface area contributed by atoms with Crippen molar-refractivity contribution in [2.45, 2.75) is 31.3 Å². The molecule has 1 amide bonds. The molecular weight excluding hydrogens is 329 g/mol. The van der Waals surface area contributed by atoms with Crippen molar-refractivity contribution in [1.82, 2.24) is 15.5 Å². The minimum Gasteiger partial charge on any atom is -0.383 e. The second-order valence-electron chi connectivity index (χ2n) is 5.56. The molecule has 2 heterocycles. The molecule has 2 saturated heterocycles. The van der Waals surface area contributed by atoms with Crippen LogP contribution >= 0.6 is 24.8 Å². The number of morpholine rings is 1. The number of carbonyl (C=O) groups is 1. The molecule has 2 fully saturated rings. The maximum Gasteiger partial charge on any atom is 0.221 e. The predicted octanol–water partition coefficient (Wildman–Crippen LogP) is 0.436. The first-order valence-corrected chi connectivity index (χ1v) is 7.60. The van der Waals surface area contributed by atoms with Crippen molar-refractivity contribution in [3.63, 3.8) is 0 Å². The van der Waals surface area contributed by atoms with Gasteiger partial charge >= 0.3 is 0 Å². The van der Waals surface area contributed by atoms with E-state index in [0.717, 1.165) is 45.8 Å². The second-order valence-corrected chi connectivity index (χ2v) is 5.56. The zero-order valence-corrected chi connectivity index (χ0v) is 14.8. The number of methoxy groups -OCH3 is 1. The van der Waals surface area contributed by atoms with Crippen LogP contribution in [-0.4, -0.2) is 76.0 Å². The van der Waals surface area contributed by atoms with E-state index in [2.05, 4.69) is 15.5 Å². The molecule has 2 rings (SSSR count). The summed E-state index contributed by atoms with van der Waals surface area (Å²) in [5.74, 6) is 0.117. The highest BCUT2D eigenvalue weighted by molar-refractivity contribution is 5.85. The first kappa shape index (κ1) is 21.9. The van der Waals surface area contributed by atoms with Crippen LogP contribution in [0.5, 0.6) is 0 Å². The lowest BCUT2D eigenvalue weighted by atomic mass is 10.1. The molecule has 6 nitrogen and oxygen atoms in total. The van der Waals surface area contributed by atoms with Gasteiger partial charge in [-0.15, -0.1) is 24.8 Å². The van der Waals surface area contributed by atoms with Crippen LogP contribution in [0.15, 0.2) is 0 Å². The van der Waals surface area contributed by atoms with Crippen molar-refractivity contribution >= 4 is 30.7 Å². The van der Waals surface area contributed by atoms with E-state index in [1.54, 1.807) is 7.11 Å². The van der Waals surface area contributed by atoms with Gasteiger partial charge in [-0.05, 0) is 19.4 Å². The first-order valence-electron chi connectivity index (χ1n) is 7.60. The van der Waals surface area contributed by atoms with E-state index >= 15 is 0 Å². The SMILES string of the molecule is COCCN1CCCC1CNC(=O)CC1COCCN1.Cl.Cl. The van der Waals surface area contributed by atoms with Gasteiger partial charge in [0.25, 0.3) is 0 Å². The molecule has 2 aliphatic rings. The zero-order chi connectivity index (χ0) is 14.2. The zero-order valence-electron chi connectivity index (χ0n) is 13.2. The van der Waals surface area contributed by atoms with Gasteiger partial charge in [-0.25, -0.2) is 0 Å². The molecule has 0 radical (unpaired) electrons. The van der Waals surface area contributed by atoms with Gasteiger partial charge in [0.05, 0.1) is 19.8 Å². The molecule has 132 valence electrons. The lowest BCUT2D eigenvalue weighted by molar-refractivity contribution is -0.122. The normalized spacial score (nSPS) is 25.1. The standard InChI is InChI=1S/C14H27N3O3.2ClH/c1-19-8-6-17-5-2-3-13(17)10-16-14(18)9-12-11-20-7-4-15-12;;/h12-13,15H,2-11H2,1H3,(H,16,18);2*1H. The summed E-state index contributed by atoms with van der Waals surface area (Å²) in [7, 11) is 1.73. The van der Waals surface area contributed by atoms with Gasteiger partial charge in [-0.3, -0.25) is 9.69 Å². The Hall–Kier alpha value is -0.110. The van der Waals surface area contributed by atoms with E-state index in [1.165, 1.54) is 6.42 Å². The summed E-state index contributed by atoms with van der Waals surface area (Å²) < 4.78 is 10.5. The summed E-state index contributed by atoms with van der Waals surface area (Å²) in [6.45, 7) is 5.79. The number of nitrogens with zero attached hydrogens (tertiary/aromatic N) is 1. The molecule has 0 aromatic heterocycles. The average molecular weight is 358 g/mol. The fourth-order valence-corrected chi connectivity index (χ4v) is 2.91. The third kappa shape index (κ3) is 7.44. The van der Waals surface area contributed by atoms with Crippen molar-refractivity contribution in [3.05, 3.63) is 0 Å². The van der Waals surface area contributed by atoms with E-state index in [4.69, 9.17) is 9.47 Å². The van der Waals surface area contributed by atoms with Gasteiger partial charge < -0.3 is 20.1 Å². The fraction of sp³-hybridized carbons (Fsp3) is 0.929. The Bertz CT molecular complexity index is 305. The van der Waals surface area contributed by atoms with E-state index in [1.807, 2.05) is 0 Å². The molecule has 2 N–H and O–H groups in total. The molecule has 2 unspecified atom stereocenters. The second kappa shape index (κ2) is 12.3. The van der Waals surface area contributed by atoms with Gasteiger partial charge in [0.2, 0.25) is 5.91 Å². The number of hydrogen-bond donors (Lipinski definition) is 2. The maximum absolute atomic E-state index is 11.9. The predicted molar refractivity (Wildman–Crippen MR) is 91.2 cm³/mol. The molecule has 0 aromatic rings. The number of ether oxygens (including phenoxy) is 2. The van der Waals surface area contributed by atoms with Crippen LogP contribution in [-0.2, 0) is 14.3 Å². The van der Waals surface area contributed by atoms with Gasteiger partial charge in [0.1, 0.15) is 0 Å². The van der Waals surface area contributed by atoms with Gasteiger partial charge in [0, 0.05) is 45.2 Å². The number of nitrogens with one attached hydrogen (secondary N) is 2. The minimum atomic E-state index is 0. The molecule has 8 heteroatoms. The molecule has 2 atom stereocenters. The number of carbonyl (C=O) groups excluding carboxylic acids is 1. The number of amides is 1. The first-order chi connectivity index (χ1) is 9.79. The van der Waals surface area contributed by atoms with Crippen molar-refractivity contribution in [1.29, 1.82) is 0 Å². The number of likely N-dealkylation sites (tertiary alicyclic amines) is 1. The number of hydrogen-bond acceptors (Lipinski definition) is 5. The number of rotatable bonds is 7. The maximum atomic E-state index is 11.9. The van der Waals surface area contributed by atoms with Crippen molar-refractivity contribution < 1.29 is 14.3 Å². The summed E-state index contributed by atoms with van der Waals surface area (Å²) in [5.41, 5.74) is 0. The van der Waals surface area contributed by atoms with E-state index < -0.39 is 0 Å². The molecule has 0 aliphatic carbocycles. The highest BCUT2D eigenvalue weighted by atomic mass is 35.5. The van der Waals surface area contributed by atoms with E-state index in [9.17, 15) is 4.79 Å². The Kier molecular flexibility index (Phi) is 12.3. The lowest BCUT2D eigenvalue weighted by Gasteiger charge is -2.26. The minimum absolute atomic E-state index is 0. The third-order valence-electron chi connectivity index (χ3n) is 4.05. The summed E-state index contributed by atoms with van der Waals surface area (Å²) in [6, 6.07) is 0.626. The molecule has 0 bridgehead atoms. The van der Waals surface area contributed by atoms with Crippen LogP contribution in [0.4, 0.5) is 0 Å². The van der Waals surface area contributed by atoms with Gasteiger partial charge in [-0.1, -0.05) is 0 Å². The van der Waals surface area contributed by atoms with Gasteiger partial charge in [-0.2, -0.15) is 0 Å². The summed E-state index contributed by atoms with van der Waals surface area (Å²) in [5, 5.41) is 6.36.